The fourth-order valence-electron chi connectivity index (χ4n) is 3.10. The monoisotopic (exact) mass is 254 g/mol. The SMILES string of the molecule is CC(C)(C)OC(=O)N1CCCC2(CC1)CC2CN. The summed E-state index contributed by atoms with van der Waals surface area (Å²) >= 11 is 0. The standard InChI is InChI=1S/C14H26N2O2/c1-13(2,3)18-12(17)16-7-4-5-14(6-8-16)9-11(14)10-15/h11H,4-10,15H2,1-3H3. The third-order valence-corrected chi connectivity index (χ3v) is 4.28. The Morgan fingerprint density at radius 2 is 2.11 bits per heavy atom. The van der Waals surface area contributed by atoms with Gasteiger partial charge in [-0.1, -0.05) is 0 Å². The first-order valence-corrected chi connectivity index (χ1v) is 7.04. The number of hydrogen-bond donors (Lipinski definition) is 1. The van der Waals surface area contributed by atoms with Crippen LogP contribution in [0.15, 0.2) is 0 Å². The van der Waals surface area contributed by atoms with Crippen molar-refractivity contribution in [3.63, 3.8) is 0 Å². The number of hydrogen-bond acceptors (Lipinski definition) is 3. The average Bonchev–Trinajstić information content (AvgIpc) is 2.99. The normalized spacial score (nSPS) is 32.2. The minimum Gasteiger partial charge on any atom is -0.444 e. The molecule has 2 rings (SSSR count). The molecule has 1 spiro atoms. The molecule has 104 valence electrons. The molecule has 4 nitrogen and oxygen atoms in total. The van der Waals surface area contributed by atoms with Crippen LogP contribution in [-0.2, 0) is 4.74 Å². The Bertz CT molecular complexity index is 324. The van der Waals surface area contributed by atoms with Gasteiger partial charge in [0.2, 0.25) is 0 Å². The second kappa shape index (κ2) is 4.72. The minimum atomic E-state index is -0.402. The third-order valence-electron chi connectivity index (χ3n) is 4.28. The molecule has 4 heteroatoms. The van der Waals surface area contributed by atoms with E-state index in [1.165, 1.54) is 12.8 Å². The molecular weight excluding hydrogens is 228 g/mol. The number of likely N-dealkylation sites (tertiary alicyclic amines) is 1. The van der Waals surface area contributed by atoms with Crippen molar-refractivity contribution in [3.8, 4) is 0 Å². The lowest BCUT2D eigenvalue weighted by atomic mass is 9.94. The van der Waals surface area contributed by atoms with Gasteiger partial charge in [0, 0.05) is 13.1 Å². The Morgan fingerprint density at radius 3 is 2.67 bits per heavy atom. The molecular formula is C14H26N2O2. The first kappa shape index (κ1) is 13.7. The number of carbonyl (C=O) groups excluding carboxylic acids is 1. The molecule has 0 aromatic rings. The molecule has 1 saturated heterocycles. The quantitative estimate of drug-likeness (QED) is 0.781. The molecule has 2 fully saturated rings. The zero-order chi connectivity index (χ0) is 13.4. The van der Waals surface area contributed by atoms with Crippen LogP contribution < -0.4 is 5.73 Å². The van der Waals surface area contributed by atoms with E-state index in [9.17, 15) is 4.79 Å². The van der Waals surface area contributed by atoms with Crippen molar-refractivity contribution in [2.45, 2.75) is 52.1 Å². The molecule has 1 heterocycles. The number of carbonyl (C=O) groups is 1. The molecule has 0 radical (unpaired) electrons. The molecule has 1 amide bonds. The lowest BCUT2D eigenvalue weighted by Gasteiger charge is -2.26. The smallest absolute Gasteiger partial charge is 0.410 e. The molecule has 1 aliphatic heterocycles. The summed E-state index contributed by atoms with van der Waals surface area (Å²) in [4.78, 5) is 13.9. The van der Waals surface area contributed by atoms with E-state index in [0.29, 0.717) is 11.3 Å². The molecule has 2 unspecified atom stereocenters. The molecule has 1 aliphatic carbocycles. The predicted molar refractivity (Wildman–Crippen MR) is 71.3 cm³/mol. The highest BCUT2D eigenvalue weighted by Gasteiger charge is 2.52. The van der Waals surface area contributed by atoms with Gasteiger partial charge in [-0.2, -0.15) is 0 Å². The number of nitrogens with zero attached hydrogens (tertiary/aromatic N) is 1. The van der Waals surface area contributed by atoms with Crippen molar-refractivity contribution in [2.75, 3.05) is 19.6 Å². The Morgan fingerprint density at radius 1 is 1.39 bits per heavy atom. The summed E-state index contributed by atoms with van der Waals surface area (Å²) in [6.07, 6.45) is 4.48. The van der Waals surface area contributed by atoms with Gasteiger partial charge >= 0.3 is 6.09 Å². The van der Waals surface area contributed by atoms with E-state index in [-0.39, 0.29) is 6.09 Å². The third kappa shape index (κ3) is 2.97. The summed E-state index contributed by atoms with van der Waals surface area (Å²) in [5, 5.41) is 0. The van der Waals surface area contributed by atoms with E-state index in [1.807, 2.05) is 25.7 Å². The second-order valence-electron chi connectivity index (χ2n) is 6.82. The van der Waals surface area contributed by atoms with Gasteiger partial charge in [0.1, 0.15) is 5.60 Å². The molecule has 0 aromatic heterocycles. The van der Waals surface area contributed by atoms with Crippen molar-refractivity contribution >= 4 is 6.09 Å². The number of rotatable bonds is 1. The van der Waals surface area contributed by atoms with E-state index in [4.69, 9.17) is 10.5 Å². The largest absolute Gasteiger partial charge is 0.444 e. The van der Waals surface area contributed by atoms with Crippen molar-refractivity contribution in [3.05, 3.63) is 0 Å². The van der Waals surface area contributed by atoms with Gasteiger partial charge < -0.3 is 15.4 Å². The van der Waals surface area contributed by atoms with Crippen LogP contribution in [0.3, 0.4) is 0 Å². The van der Waals surface area contributed by atoms with Crippen LogP contribution >= 0.6 is 0 Å². The van der Waals surface area contributed by atoms with Crippen LogP contribution in [0.25, 0.3) is 0 Å². The summed E-state index contributed by atoms with van der Waals surface area (Å²) in [5.74, 6) is 0.691. The maximum absolute atomic E-state index is 12.0. The van der Waals surface area contributed by atoms with E-state index in [1.54, 1.807) is 0 Å². The minimum absolute atomic E-state index is 0.163. The lowest BCUT2D eigenvalue weighted by molar-refractivity contribution is 0.0254. The van der Waals surface area contributed by atoms with Crippen LogP contribution in [0.2, 0.25) is 0 Å². The second-order valence-corrected chi connectivity index (χ2v) is 6.82. The van der Waals surface area contributed by atoms with E-state index in [0.717, 1.165) is 32.5 Å². The number of amides is 1. The molecule has 2 atom stereocenters. The van der Waals surface area contributed by atoms with Gasteiger partial charge in [0.15, 0.2) is 0 Å². The molecule has 2 N–H and O–H groups in total. The molecule has 18 heavy (non-hydrogen) atoms. The van der Waals surface area contributed by atoms with Crippen molar-refractivity contribution in [1.29, 1.82) is 0 Å². The Kier molecular flexibility index (Phi) is 3.58. The summed E-state index contributed by atoms with van der Waals surface area (Å²) < 4.78 is 5.44. The highest BCUT2D eigenvalue weighted by Crippen LogP contribution is 2.58. The maximum Gasteiger partial charge on any atom is 0.410 e. The van der Waals surface area contributed by atoms with Crippen molar-refractivity contribution < 1.29 is 9.53 Å². The summed E-state index contributed by atoms with van der Waals surface area (Å²) in [6, 6.07) is 0. The van der Waals surface area contributed by atoms with Gasteiger partial charge in [-0.25, -0.2) is 4.79 Å². The van der Waals surface area contributed by atoms with Crippen molar-refractivity contribution in [2.24, 2.45) is 17.1 Å². The van der Waals surface area contributed by atoms with E-state index >= 15 is 0 Å². The van der Waals surface area contributed by atoms with Crippen LogP contribution in [0.1, 0.15) is 46.5 Å². The summed E-state index contributed by atoms with van der Waals surface area (Å²) in [6.45, 7) is 8.19. The van der Waals surface area contributed by atoms with Gasteiger partial charge in [0.25, 0.3) is 0 Å². The Balaban J connectivity index is 1.88. The summed E-state index contributed by atoms with van der Waals surface area (Å²) in [7, 11) is 0. The zero-order valence-electron chi connectivity index (χ0n) is 11.9. The molecule has 2 aliphatic rings. The van der Waals surface area contributed by atoms with Gasteiger partial charge in [-0.15, -0.1) is 0 Å². The Hall–Kier alpha value is -0.770. The first-order valence-electron chi connectivity index (χ1n) is 7.04. The molecule has 0 bridgehead atoms. The van der Waals surface area contributed by atoms with Gasteiger partial charge in [0.05, 0.1) is 0 Å². The maximum atomic E-state index is 12.0. The van der Waals surface area contributed by atoms with Crippen LogP contribution in [0.4, 0.5) is 4.79 Å². The highest BCUT2D eigenvalue weighted by atomic mass is 16.6. The average molecular weight is 254 g/mol. The fourth-order valence-corrected chi connectivity index (χ4v) is 3.10. The molecule has 1 saturated carbocycles. The number of nitrogens with two attached hydrogens (primary N) is 1. The summed E-state index contributed by atoms with van der Waals surface area (Å²) in [5.41, 5.74) is 5.81. The highest BCUT2D eigenvalue weighted by molar-refractivity contribution is 5.68. The van der Waals surface area contributed by atoms with Gasteiger partial charge in [-0.05, 0) is 64.3 Å². The fraction of sp³-hybridized carbons (Fsp3) is 0.929. The topological polar surface area (TPSA) is 55.6 Å². The van der Waals surface area contributed by atoms with Gasteiger partial charge in [-0.3, -0.25) is 0 Å². The van der Waals surface area contributed by atoms with Crippen LogP contribution in [-0.4, -0.2) is 36.2 Å². The predicted octanol–water partition coefficient (Wildman–Crippen LogP) is 2.37. The number of ether oxygens (including phenoxy) is 1. The van der Waals surface area contributed by atoms with Crippen molar-refractivity contribution in [1.82, 2.24) is 4.90 Å². The molecule has 0 aromatic carbocycles. The van der Waals surface area contributed by atoms with Crippen LogP contribution in [0.5, 0.6) is 0 Å². The van der Waals surface area contributed by atoms with E-state index < -0.39 is 5.60 Å². The van der Waals surface area contributed by atoms with Crippen LogP contribution in [0, 0.1) is 11.3 Å². The zero-order valence-corrected chi connectivity index (χ0v) is 11.9. The lowest BCUT2D eigenvalue weighted by Crippen LogP contribution is -2.37. The first-order chi connectivity index (χ1) is 8.36. The Labute approximate surface area is 110 Å². The van der Waals surface area contributed by atoms with E-state index in [2.05, 4.69) is 0 Å².